The average Bonchev–Trinajstić information content (AvgIpc) is 3.01. The Labute approximate surface area is 229 Å². The Morgan fingerprint density at radius 2 is 1.86 bits per heavy atom. The van der Waals surface area contributed by atoms with Gasteiger partial charge in [0.05, 0.1) is 11.8 Å². The molecule has 8 heteroatoms. The molecule has 0 radical (unpaired) electrons. The number of nitrogens with zero attached hydrogens (tertiary/aromatic N) is 2. The molecule has 2 N–H and O–H groups in total. The molecule has 2 fully saturated rings. The van der Waals surface area contributed by atoms with Gasteiger partial charge >= 0.3 is 0 Å². The van der Waals surface area contributed by atoms with E-state index in [2.05, 4.69) is 65.6 Å². The summed E-state index contributed by atoms with van der Waals surface area (Å²) in [6.45, 7) is 1.64. The van der Waals surface area contributed by atoms with Crippen LogP contribution in [0, 0.1) is 11.8 Å². The highest BCUT2D eigenvalue weighted by molar-refractivity contribution is 9.12. The van der Waals surface area contributed by atoms with Crippen LogP contribution in [0.15, 0.2) is 44.1 Å². The van der Waals surface area contributed by atoms with E-state index in [9.17, 15) is 4.79 Å². The van der Waals surface area contributed by atoms with E-state index in [1.807, 2.05) is 6.07 Å². The number of hydrogen-bond acceptors (Lipinski definition) is 4. The van der Waals surface area contributed by atoms with Gasteiger partial charge in [0.2, 0.25) is 5.91 Å². The summed E-state index contributed by atoms with van der Waals surface area (Å²) in [5.41, 5.74) is 5.03. The normalized spacial score (nSPS) is 27.1. The van der Waals surface area contributed by atoms with Gasteiger partial charge < -0.3 is 15.4 Å². The van der Waals surface area contributed by atoms with E-state index >= 15 is 0 Å². The number of oxime groups is 1. The number of carbonyl (C=O) groups excluding carboxylic acids is 1. The summed E-state index contributed by atoms with van der Waals surface area (Å²) in [7, 11) is 0. The molecule has 2 aliphatic carbocycles. The molecule has 1 aromatic rings. The Balaban J connectivity index is 1.30. The molecule has 5 rings (SSSR count). The van der Waals surface area contributed by atoms with E-state index in [1.54, 1.807) is 0 Å². The van der Waals surface area contributed by atoms with Crippen molar-refractivity contribution in [3.8, 4) is 0 Å². The first-order valence-corrected chi connectivity index (χ1v) is 14.7. The average molecular weight is 626 g/mol. The van der Waals surface area contributed by atoms with Crippen molar-refractivity contribution >= 4 is 55.1 Å². The van der Waals surface area contributed by atoms with Crippen LogP contribution in [0.3, 0.4) is 0 Å². The quantitative estimate of drug-likeness (QED) is 0.283. The van der Waals surface area contributed by atoms with Crippen LogP contribution in [0.1, 0.15) is 68.4 Å². The summed E-state index contributed by atoms with van der Waals surface area (Å²) in [4.78, 5) is 15.2. The Morgan fingerprint density at radius 3 is 2.57 bits per heavy atom. The smallest absolute Gasteiger partial charge is 0.222 e. The maximum absolute atomic E-state index is 13.1. The summed E-state index contributed by atoms with van der Waals surface area (Å²) < 4.78 is 2.19. The molecule has 2 atom stereocenters. The largest absolute Gasteiger partial charge is 0.411 e. The van der Waals surface area contributed by atoms with Gasteiger partial charge in [0, 0.05) is 45.6 Å². The van der Waals surface area contributed by atoms with E-state index in [1.165, 1.54) is 16.7 Å². The lowest BCUT2D eigenvalue weighted by Crippen LogP contribution is -2.44. The number of hydrogen-bond donors (Lipinski definition) is 2. The second-order valence-electron chi connectivity index (χ2n) is 10.4. The maximum atomic E-state index is 13.1. The van der Waals surface area contributed by atoms with Crippen LogP contribution in [0.5, 0.6) is 0 Å². The van der Waals surface area contributed by atoms with Gasteiger partial charge in [0.25, 0.3) is 0 Å². The third kappa shape index (κ3) is 5.52. The molecule has 35 heavy (non-hydrogen) atoms. The summed E-state index contributed by atoms with van der Waals surface area (Å²) in [6, 6.07) is 4.43. The topological polar surface area (TPSA) is 64.9 Å². The molecule has 1 unspecified atom stereocenters. The second-order valence-corrected chi connectivity index (χ2v) is 12.6. The number of amides is 1. The van der Waals surface area contributed by atoms with Crippen molar-refractivity contribution < 1.29 is 10.0 Å². The lowest BCUT2D eigenvalue weighted by molar-refractivity contribution is -0.133. The van der Waals surface area contributed by atoms with Crippen LogP contribution in [0.25, 0.3) is 0 Å². The molecule has 5 nitrogen and oxygen atoms in total. The predicted molar refractivity (Wildman–Crippen MR) is 147 cm³/mol. The van der Waals surface area contributed by atoms with Gasteiger partial charge in [-0.15, -0.1) is 0 Å². The molecular formula is C27H32Br2ClN3O2. The zero-order chi connectivity index (χ0) is 24.5. The Kier molecular flexibility index (Phi) is 7.95. The molecule has 1 amide bonds. The van der Waals surface area contributed by atoms with Crippen LogP contribution in [0.2, 0.25) is 5.02 Å². The SMILES string of the molecule is O=C(CC1CCC(=NO)CC1)N1CCC([C@@H]2c3c(Br)cc(Cl)cc3CCC3=CC(Br)=CNC32)CC1. The van der Waals surface area contributed by atoms with E-state index in [-0.39, 0.29) is 11.9 Å². The molecule has 188 valence electrons. The van der Waals surface area contributed by atoms with Crippen LogP contribution in [0.4, 0.5) is 0 Å². The first-order chi connectivity index (χ1) is 16.9. The van der Waals surface area contributed by atoms with Crippen molar-refractivity contribution in [1.29, 1.82) is 0 Å². The molecule has 4 aliphatic rings. The summed E-state index contributed by atoms with van der Waals surface area (Å²) in [5, 5.41) is 16.8. The maximum Gasteiger partial charge on any atom is 0.222 e. The minimum absolute atomic E-state index is 0.256. The molecule has 1 saturated heterocycles. The zero-order valence-corrected chi connectivity index (χ0v) is 23.7. The molecule has 1 aromatic carbocycles. The minimum Gasteiger partial charge on any atom is -0.411 e. The van der Waals surface area contributed by atoms with Gasteiger partial charge in [-0.2, -0.15) is 0 Å². The van der Waals surface area contributed by atoms with Crippen LogP contribution in [-0.2, 0) is 11.2 Å². The standard InChI is InChI=1S/C27H32Br2ClN3O2/c28-20-12-19-4-3-18-13-21(30)14-23(29)25(18)26(27(19)31-15-20)17-7-9-33(10-8-17)24(34)11-16-1-5-22(32-35)6-2-16/h12-17,26-27,31,35H,1-11H2/t16?,26-,27?/m1/s1. The summed E-state index contributed by atoms with van der Waals surface area (Å²) in [6.07, 6.45) is 12.5. The third-order valence-corrected chi connectivity index (χ3v) is 9.70. The number of piperidine rings is 1. The predicted octanol–water partition coefficient (Wildman–Crippen LogP) is 6.92. The number of carbonyl (C=O) groups is 1. The Bertz CT molecular complexity index is 1070. The Morgan fingerprint density at radius 1 is 1.11 bits per heavy atom. The number of likely N-dealkylation sites (tertiary alicyclic amines) is 1. The summed E-state index contributed by atoms with van der Waals surface area (Å²) in [5.74, 6) is 1.51. The molecule has 0 bridgehead atoms. The molecule has 0 spiro atoms. The molecule has 0 aromatic heterocycles. The highest BCUT2D eigenvalue weighted by Gasteiger charge is 2.40. The highest BCUT2D eigenvalue weighted by Crippen LogP contribution is 2.47. The minimum atomic E-state index is 0.256. The molecule has 2 aliphatic heterocycles. The van der Waals surface area contributed by atoms with Crippen molar-refractivity contribution in [2.45, 2.75) is 69.7 Å². The summed E-state index contributed by atoms with van der Waals surface area (Å²) >= 11 is 14.0. The number of dihydropyridines is 1. The van der Waals surface area contributed by atoms with Crippen molar-refractivity contribution in [2.75, 3.05) is 13.1 Å². The van der Waals surface area contributed by atoms with E-state index < -0.39 is 0 Å². The van der Waals surface area contributed by atoms with Crippen molar-refractivity contribution in [2.24, 2.45) is 17.0 Å². The first-order valence-electron chi connectivity index (χ1n) is 12.7. The van der Waals surface area contributed by atoms with E-state index in [0.29, 0.717) is 24.2 Å². The van der Waals surface area contributed by atoms with Crippen molar-refractivity contribution in [3.05, 3.63) is 55.1 Å². The number of rotatable bonds is 3. The lowest BCUT2D eigenvalue weighted by Gasteiger charge is -2.41. The number of nitrogens with one attached hydrogen (secondary N) is 1. The van der Waals surface area contributed by atoms with Gasteiger partial charge in [-0.3, -0.25) is 4.79 Å². The van der Waals surface area contributed by atoms with Crippen molar-refractivity contribution in [1.82, 2.24) is 10.2 Å². The van der Waals surface area contributed by atoms with Crippen molar-refractivity contribution in [3.63, 3.8) is 0 Å². The van der Waals surface area contributed by atoms with Gasteiger partial charge in [-0.05, 0) is 114 Å². The van der Waals surface area contributed by atoms with Crippen LogP contribution in [-0.4, -0.2) is 40.9 Å². The monoisotopic (exact) mass is 623 g/mol. The third-order valence-electron chi connectivity index (χ3n) is 8.37. The number of benzene rings is 1. The fraction of sp³-hybridized carbons (Fsp3) is 0.556. The van der Waals surface area contributed by atoms with Gasteiger partial charge in [-0.1, -0.05) is 32.7 Å². The van der Waals surface area contributed by atoms with Gasteiger partial charge in [0.1, 0.15) is 0 Å². The number of aryl methyl sites for hydroxylation is 1. The van der Waals surface area contributed by atoms with Crippen LogP contribution >= 0.6 is 43.5 Å². The van der Waals surface area contributed by atoms with E-state index in [0.717, 1.165) is 84.1 Å². The number of fused-ring (bicyclic) bond motifs is 2. The first kappa shape index (κ1) is 25.3. The highest BCUT2D eigenvalue weighted by atomic mass is 79.9. The fourth-order valence-electron chi connectivity index (χ4n) is 6.52. The Hall–Kier alpha value is -1.31. The zero-order valence-electron chi connectivity index (χ0n) is 19.8. The van der Waals surface area contributed by atoms with Gasteiger partial charge in [-0.25, -0.2) is 0 Å². The lowest BCUT2D eigenvalue weighted by atomic mass is 9.73. The molecular weight excluding hydrogens is 594 g/mol. The fourth-order valence-corrected chi connectivity index (χ4v) is 8.08. The van der Waals surface area contributed by atoms with Crippen LogP contribution < -0.4 is 5.32 Å². The number of halogens is 3. The number of allylic oxidation sites excluding steroid dienone is 2. The molecule has 2 heterocycles. The molecule has 1 saturated carbocycles. The van der Waals surface area contributed by atoms with E-state index in [4.69, 9.17) is 16.8 Å². The second kappa shape index (κ2) is 11.0. The van der Waals surface area contributed by atoms with Gasteiger partial charge in [0.15, 0.2) is 0 Å².